The topological polar surface area (TPSA) is 59.2 Å². The third-order valence-corrected chi connectivity index (χ3v) is 5.59. The van der Waals surface area contributed by atoms with Crippen molar-refractivity contribution >= 4 is 17.2 Å². The van der Waals surface area contributed by atoms with Crippen LogP contribution in [0.5, 0.6) is 0 Å². The molecule has 0 spiro atoms. The van der Waals surface area contributed by atoms with Gasteiger partial charge in [0.15, 0.2) is 5.82 Å². The monoisotopic (exact) mass is 331 g/mol. The highest BCUT2D eigenvalue weighted by Crippen LogP contribution is 2.40. The second kappa shape index (κ2) is 6.43. The molecule has 5 nitrogen and oxygen atoms in total. The molecule has 0 bridgehead atoms. The first kappa shape index (κ1) is 14.9. The third kappa shape index (κ3) is 3.32. The van der Waals surface area contributed by atoms with Crippen LogP contribution >= 0.6 is 11.3 Å². The van der Waals surface area contributed by atoms with Gasteiger partial charge in [-0.25, -0.2) is 0 Å². The molecule has 1 atom stereocenters. The molecule has 0 aromatic carbocycles. The van der Waals surface area contributed by atoms with Crippen LogP contribution in [-0.4, -0.2) is 27.5 Å². The molecule has 2 aromatic heterocycles. The molecule has 2 aromatic rings. The van der Waals surface area contributed by atoms with Gasteiger partial charge in [-0.3, -0.25) is 4.79 Å². The quantitative estimate of drug-likeness (QED) is 0.810. The van der Waals surface area contributed by atoms with E-state index in [-0.39, 0.29) is 11.9 Å². The van der Waals surface area contributed by atoms with Crippen molar-refractivity contribution < 1.29 is 9.32 Å². The normalized spacial score (nSPS) is 21.0. The molecule has 3 heterocycles. The van der Waals surface area contributed by atoms with E-state index in [4.69, 9.17) is 4.52 Å². The fourth-order valence-corrected chi connectivity index (χ4v) is 3.98. The Labute approximate surface area is 139 Å². The zero-order chi connectivity index (χ0) is 15.6. The van der Waals surface area contributed by atoms with Crippen LogP contribution in [-0.2, 0) is 11.2 Å². The largest absolute Gasteiger partial charge is 0.339 e. The van der Waals surface area contributed by atoms with Gasteiger partial charge >= 0.3 is 0 Å². The Balaban J connectivity index is 1.35. The summed E-state index contributed by atoms with van der Waals surface area (Å²) in [5.41, 5.74) is 0. The highest BCUT2D eigenvalue weighted by atomic mass is 32.1. The predicted octanol–water partition coefficient (Wildman–Crippen LogP) is 3.69. The average molecular weight is 331 g/mol. The minimum Gasteiger partial charge on any atom is -0.339 e. The van der Waals surface area contributed by atoms with Crippen LogP contribution in [0.2, 0.25) is 0 Å². The van der Waals surface area contributed by atoms with E-state index < -0.39 is 0 Å². The van der Waals surface area contributed by atoms with E-state index >= 15 is 0 Å². The standard InChI is InChI=1S/C17H21N3O2S/c21-15(7-1-4-13-5-3-11-23-13)20-10-2-6-14(20)16-18-17(22-19-16)12-8-9-12/h3,5,11-12,14H,1-2,4,6-10H2. The molecule has 0 radical (unpaired) electrons. The van der Waals surface area contributed by atoms with Crippen molar-refractivity contribution in [3.63, 3.8) is 0 Å². The number of hydrogen-bond acceptors (Lipinski definition) is 5. The summed E-state index contributed by atoms with van der Waals surface area (Å²) in [6.45, 7) is 0.815. The van der Waals surface area contributed by atoms with Crippen molar-refractivity contribution in [1.29, 1.82) is 0 Å². The Morgan fingerprint density at radius 2 is 2.30 bits per heavy atom. The van der Waals surface area contributed by atoms with E-state index in [0.717, 1.165) is 51.0 Å². The van der Waals surface area contributed by atoms with Crippen molar-refractivity contribution in [2.24, 2.45) is 0 Å². The van der Waals surface area contributed by atoms with E-state index in [1.54, 1.807) is 11.3 Å². The number of carbonyl (C=O) groups is 1. The minimum atomic E-state index is 0.0143. The number of aromatic nitrogens is 2. The van der Waals surface area contributed by atoms with E-state index in [1.165, 1.54) is 4.88 Å². The van der Waals surface area contributed by atoms with E-state index in [0.29, 0.717) is 18.2 Å². The highest BCUT2D eigenvalue weighted by molar-refractivity contribution is 7.09. The molecule has 1 aliphatic carbocycles. The predicted molar refractivity (Wildman–Crippen MR) is 87.2 cm³/mol. The Hall–Kier alpha value is -1.69. The molecular formula is C17H21N3O2S. The van der Waals surface area contributed by atoms with Crippen molar-refractivity contribution in [2.45, 2.75) is 56.9 Å². The van der Waals surface area contributed by atoms with Gasteiger partial charge in [-0.05, 0) is 50.0 Å². The lowest BCUT2D eigenvalue weighted by Crippen LogP contribution is -2.31. The fourth-order valence-electron chi connectivity index (χ4n) is 3.22. The molecule has 4 rings (SSSR count). The molecule has 23 heavy (non-hydrogen) atoms. The second-order valence-corrected chi connectivity index (χ2v) is 7.48. The number of carbonyl (C=O) groups excluding carboxylic acids is 1. The minimum absolute atomic E-state index is 0.0143. The Morgan fingerprint density at radius 3 is 3.09 bits per heavy atom. The molecule has 2 fully saturated rings. The van der Waals surface area contributed by atoms with Gasteiger partial charge in [-0.1, -0.05) is 11.2 Å². The summed E-state index contributed by atoms with van der Waals surface area (Å²) in [7, 11) is 0. The lowest BCUT2D eigenvalue weighted by atomic mass is 10.1. The zero-order valence-corrected chi connectivity index (χ0v) is 13.9. The molecule has 1 aliphatic heterocycles. The Bertz CT molecular complexity index is 663. The van der Waals surface area contributed by atoms with Crippen LogP contribution < -0.4 is 0 Å². The number of likely N-dealkylation sites (tertiary alicyclic amines) is 1. The molecule has 1 unspecified atom stereocenters. The second-order valence-electron chi connectivity index (χ2n) is 6.44. The van der Waals surface area contributed by atoms with Crippen LogP contribution in [0.1, 0.15) is 67.1 Å². The van der Waals surface area contributed by atoms with Crippen molar-refractivity contribution in [2.75, 3.05) is 6.54 Å². The maximum Gasteiger partial charge on any atom is 0.229 e. The first-order chi connectivity index (χ1) is 11.3. The van der Waals surface area contributed by atoms with Gasteiger partial charge in [-0.2, -0.15) is 4.98 Å². The van der Waals surface area contributed by atoms with Crippen molar-refractivity contribution in [3.8, 4) is 0 Å². The fraction of sp³-hybridized carbons (Fsp3) is 0.588. The Kier molecular flexibility index (Phi) is 4.16. The van der Waals surface area contributed by atoms with E-state index in [1.807, 2.05) is 4.90 Å². The van der Waals surface area contributed by atoms with Gasteiger partial charge in [0.25, 0.3) is 0 Å². The molecule has 2 aliphatic rings. The first-order valence-electron chi connectivity index (χ1n) is 8.46. The maximum atomic E-state index is 12.6. The number of aryl methyl sites for hydroxylation is 1. The van der Waals surface area contributed by atoms with Crippen LogP contribution in [0.15, 0.2) is 22.0 Å². The number of hydrogen-bond donors (Lipinski definition) is 0. The zero-order valence-electron chi connectivity index (χ0n) is 13.1. The smallest absolute Gasteiger partial charge is 0.229 e. The molecule has 1 saturated carbocycles. The van der Waals surface area contributed by atoms with E-state index in [2.05, 4.69) is 27.7 Å². The summed E-state index contributed by atoms with van der Waals surface area (Å²) in [6.07, 6.45) is 6.75. The van der Waals surface area contributed by atoms with Gasteiger partial charge in [0.05, 0.1) is 6.04 Å². The molecule has 1 amide bonds. The molecular weight excluding hydrogens is 310 g/mol. The van der Waals surface area contributed by atoms with Gasteiger partial charge < -0.3 is 9.42 Å². The van der Waals surface area contributed by atoms with Gasteiger partial charge in [0.1, 0.15) is 0 Å². The molecule has 6 heteroatoms. The molecule has 0 N–H and O–H groups in total. The molecule has 1 saturated heterocycles. The molecule has 122 valence electrons. The third-order valence-electron chi connectivity index (χ3n) is 4.65. The lowest BCUT2D eigenvalue weighted by Gasteiger charge is -2.22. The van der Waals surface area contributed by atoms with Gasteiger partial charge in [-0.15, -0.1) is 11.3 Å². The summed E-state index contributed by atoms with van der Waals surface area (Å²) in [4.78, 5) is 20.4. The Morgan fingerprint density at radius 1 is 1.39 bits per heavy atom. The summed E-state index contributed by atoms with van der Waals surface area (Å²) in [6, 6.07) is 4.21. The van der Waals surface area contributed by atoms with Crippen LogP contribution in [0, 0.1) is 0 Å². The number of rotatable bonds is 6. The summed E-state index contributed by atoms with van der Waals surface area (Å²) >= 11 is 1.76. The first-order valence-corrected chi connectivity index (χ1v) is 9.34. The number of nitrogens with zero attached hydrogens (tertiary/aromatic N) is 3. The van der Waals surface area contributed by atoms with Crippen LogP contribution in [0.4, 0.5) is 0 Å². The number of thiophene rings is 1. The number of amides is 1. The SMILES string of the molecule is O=C(CCCc1cccs1)N1CCCC1c1noc(C2CC2)n1. The van der Waals surface area contributed by atoms with Gasteiger partial charge in [0.2, 0.25) is 11.8 Å². The summed E-state index contributed by atoms with van der Waals surface area (Å²) < 4.78 is 5.36. The maximum absolute atomic E-state index is 12.6. The van der Waals surface area contributed by atoms with Crippen LogP contribution in [0.25, 0.3) is 0 Å². The lowest BCUT2D eigenvalue weighted by molar-refractivity contribution is -0.132. The van der Waals surface area contributed by atoms with Crippen molar-refractivity contribution in [3.05, 3.63) is 34.1 Å². The highest BCUT2D eigenvalue weighted by Gasteiger charge is 2.35. The summed E-state index contributed by atoms with van der Waals surface area (Å²) in [5.74, 6) is 2.16. The van der Waals surface area contributed by atoms with Crippen molar-refractivity contribution in [1.82, 2.24) is 15.0 Å². The average Bonchev–Trinajstić information content (AvgIpc) is 3.02. The van der Waals surface area contributed by atoms with Crippen LogP contribution in [0.3, 0.4) is 0 Å². The van der Waals surface area contributed by atoms with Gasteiger partial charge in [0, 0.05) is 23.8 Å². The van der Waals surface area contributed by atoms with E-state index in [9.17, 15) is 4.79 Å². The summed E-state index contributed by atoms with van der Waals surface area (Å²) in [5, 5.41) is 6.22.